The van der Waals surface area contributed by atoms with Gasteiger partial charge in [0.1, 0.15) is 17.2 Å². The van der Waals surface area contributed by atoms with Crippen molar-refractivity contribution in [3.63, 3.8) is 0 Å². The Morgan fingerprint density at radius 2 is 1.93 bits per heavy atom. The van der Waals surface area contributed by atoms with Gasteiger partial charge in [-0.3, -0.25) is 0 Å². The van der Waals surface area contributed by atoms with Crippen molar-refractivity contribution in [2.75, 3.05) is 0 Å². The molecule has 0 radical (unpaired) electrons. The second-order valence-corrected chi connectivity index (χ2v) is 7.66. The predicted octanol–water partition coefficient (Wildman–Crippen LogP) is 3.76. The van der Waals surface area contributed by atoms with E-state index in [9.17, 15) is 5.11 Å². The number of hydrogen-bond donors (Lipinski definition) is 2. The quantitative estimate of drug-likeness (QED) is 0.563. The van der Waals surface area contributed by atoms with E-state index in [2.05, 4.69) is 20.1 Å². The van der Waals surface area contributed by atoms with Crippen molar-refractivity contribution in [2.45, 2.75) is 45.1 Å². The summed E-state index contributed by atoms with van der Waals surface area (Å²) >= 11 is 0. The second-order valence-electron chi connectivity index (χ2n) is 7.66. The van der Waals surface area contributed by atoms with E-state index in [1.165, 1.54) is 0 Å². The topological polar surface area (TPSA) is 101 Å². The first-order chi connectivity index (χ1) is 13.4. The molecule has 3 heterocycles. The molecule has 0 amide bonds. The molecule has 142 valence electrons. The van der Waals surface area contributed by atoms with Gasteiger partial charge in [0.05, 0.1) is 16.7 Å². The van der Waals surface area contributed by atoms with Gasteiger partial charge in [-0.2, -0.15) is 0 Å². The number of nitrogens with one attached hydrogen (secondary N) is 1. The number of hydrogen-bond acceptors (Lipinski definition) is 6. The summed E-state index contributed by atoms with van der Waals surface area (Å²) in [6, 6.07) is 5.73. The fourth-order valence-electron chi connectivity index (χ4n) is 3.77. The molecule has 0 aliphatic heterocycles. The average molecular weight is 375 g/mol. The van der Waals surface area contributed by atoms with Crippen LogP contribution >= 0.6 is 0 Å². The zero-order valence-electron chi connectivity index (χ0n) is 16.0. The van der Waals surface area contributed by atoms with E-state index in [0.29, 0.717) is 17.3 Å². The summed E-state index contributed by atoms with van der Waals surface area (Å²) < 4.78 is 5.36. The number of fused-ring (bicyclic) bond motifs is 1. The van der Waals surface area contributed by atoms with Crippen molar-refractivity contribution in [1.29, 1.82) is 0 Å². The number of aromatic nitrogens is 5. The lowest BCUT2D eigenvalue weighted by atomic mass is 9.90. The first kappa shape index (κ1) is 17.1. The molecule has 0 saturated heterocycles. The van der Waals surface area contributed by atoms with Crippen LogP contribution in [0.1, 0.15) is 54.3 Å². The van der Waals surface area contributed by atoms with Crippen LogP contribution in [0.5, 0.6) is 0 Å². The molecule has 1 atom stereocenters. The zero-order chi connectivity index (χ0) is 19.5. The molecule has 5 rings (SSSR count). The van der Waals surface area contributed by atoms with Crippen LogP contribution in [0.4, 0.5) is 0 Å². The van der Waals surface area contributed by atoms with E-state index < -0.39 is 5.60 Å². The van der Waals surface area contributed by atoms with Crippen LogP contribution in [0.3, 0.4) is 0 Å². The SMILES string of the molecule is Cc1noc(C)c1-c1cc(C(C)(O)c2ncccn2)c2nc(C3CC3)[nH]c2c1. The molecule has 1 unspecified atom stereocenters. The van der Waals surface area contributed by atoms with Crippen LogP contribution < -0.4 is 0 Å². The van der Waals surface area contributed by atoms with Gasteiger partial charge < -0.3 is 14.6 Å². The highest BCUT2D eigenvalue weighted by Crippen LogP contribution is 2.42. The van der Waals surface area contributed by atoms with Gasteiger partial charge >= 0.3 is 0 Å². The van der Waals surface area contributed by atoms with Crippen molar-refractivity contribution < 1.29 is 9.63 Å². The Balaban J connectivity index is 1.78. The molecule has 28 heavy (non-hydrogen) atoms. The van der Waals surface area contributed by atoms with Gasteiger partial charge in [0.25, 0.3) is 0 Å². The van der Waals surface area contributed by atoms with Gasteiger partial charge in [0.15, 0.2) is 5.82 Å². The lowest BCUT2D eigenvalue weighted by Gasteiger charge is -2.23. The third kappa shape index (κ3) is 2.62. The van der Waals surface area contributed by atoms with Crippen LogP contribution in [0.15, 0.2) is 35.1 Å². The van der Waals surface area contributed by atoms with Crippen molar-refractivity contribution in [3.05, 3.63) is 59.3 Å². The van der Waals surface area contributed by atoms with Gasteiger partial charge in [-0.1, -0.05) is 5.16 Å². The van der Waals surface area contributed by atoms with Gasteiger partial charge in [-0.15, -0.1) is 0 Å². The van der Waals surface area contributed by atoms with Gasteiger partial charge in [-0.05, 0) is 57.4 Å². The highest BCUT2D eigenvalue weighted by atomic mass is 16.5. The van der Waals surface area contributed by atoms with E-state index in [-0.39, 0.29) is 0 Å². The summed E-state index contributed by atoms with van der Waals surface area (Å²) in [6.07, 6.45) is 5.55. The molecule has 4 aromatic rings. The van der Waals surface area contributed by atoms with E-state index >= 15 is 0 Å². The lowest BCUT2D eigenvalue weighted by molar-refractivity contribution is 0.0936. The third-order valence-electron chi connectivity index (χ3n) is 5.42. The fraction of sp³-hybridized carbons (Fsp3) is 0.333. The fourth-order valence-corrected chi connectivity index (χ4v) is 3.77. The number of rotatable bonds is 4. The number of benzene rings is 1. The number of imidazole rings is 1. The first-order valence-corrected chi connectivity index (χ1v) is 9.42. The first-order valence-electron chi connectivity index (χ1n) is 9.42. The molecule has 1 aliphatic carbocycles. The summed E-state index contributed by atoms with van der Waals surface area (Å²) in [6.45, 7) is 5.51. The Bertz CT molecular complexity index is 1150. The minimum Gasteiger partial charge on any atom is -0.377 e. The number of aliphatic hydroxyl groups is 1. The van der Waals surface area contributed by atoms with Gasteiger partial charge in [-0.25, -0.2) is 15.0 Å². The van der Waals surface area contributed by atoms with E-state index in [0.717, 1.165) is 52.3 Å². The monoisotopic (exact) mass is 375 g/mol. The molecular formula is C21H21N5O2. The number of H-pyrrole nitrogens is 1. The largest absolute Gasteiger partial charge is 0.377 e. The summed E-state index contributed by atoms with van der Waals surface area (Å²) in [5.74, 6) is 2.51. The van der Waals surface area contributed by atoms with Crippen molar-refractivity contribution in [2.24, 2.45) is 0 Å². The number of aryl methyl sites for hydroxylation is 2. The van der Waals surface area contributed by atoms with Crippen LogP contribution in [0.25, 0.3) is 22.2 Å². The van der Waals surface area contributed by atoms with E-state index in [1.807, 2.05) is 26.0 Å². The van der Waals surface area contributed by atoms with E-state index in [1.54, 1.807) is 25.4 Å². The molecule has 7 heteroatoms. The Kier molecular flexibility index (Phi) is 3.64. The van der Waals surface area contributed by atoms with Gasteiger partial charge in [0, 0.05) is 29.4 Å². The van der Waals surface area contributed by atoms with Crippen LogP contribution in [-0.4, -0.2) is 30.2 Å². The molecule has 0 spiro atoms. The summed E-state index contributed by atoms with van der Waals surface area (Å²) in [5, 5.41) is 15.5. The molecule has 3 aromatic heterocycles. The molecule has 1 aliphatic rings. The minimum absolute atomic E-state index is 0.336. The average Bonchev–Trinajstić information content (AvgIpc) is 3.37. The molecule has 1 saturated carbocycles. The lowest BCUT2D eigenvalue weighted by Crippen LogP contribution is -2.26. The number of aromatic amines is 1. The maximum Gasteiger partial charge on any atom is 0.164 e. The molecule has 0 bridgehead atoms. The molecule has 7 nitrogen and oxygen atoms in total. The maximum atomic E-state index is 11.5. The van der Waals surface area contributed by atoms with E-state index in [4.69, 9.17) is 9.51 Å². The predicted molar refractivity (Wildman–Crippen MR) is 104 cm³/mol. The van der Waals surface area contributed by atoms with Crippen molar-refractivity contribution >= 4 is 11.0 Å². The van der Waals surface area contributed by atoms with Crippen LogP contribution in [-0.2, 0) is 5.60 Å². The second kappa shape index (κ2) is 5.97. The third-order valence-corrected chi connectivity index (χ3v) is 5.42. The summed E-state index contributed by atoms with van der Waals surface area (Å²) in [4.78, 5) is 16.8. The molecule has 1 fully saturated rings. The van der Waals surface area contributed by atoms with Crippen LogP contribution in [0.2, 0.25) is 0 Å². The molecular weight excluding hydrogens is 354 g/mol. The smallest absolute Gasteiger partial charge is 0.164 e. The number of nitrogens with zero attached hydrogens (tertiary/aromatic N) is 4. The zero-order valence-corrected chi connectivity index (χ0v) is 16.0. The van der Waals surface area contributed by atoms with Crippen molar-refractivity contribution in [3.8, 4) is 11.1 Å². The van der Waals surface area contributed by atoms with Crippen molar-refractivity contribution in [1.82, 2.24) is 25.1 Å². The Morgan fingerprint density at radius 3 is 2.57 bits per heavy atom. The van der Waals surface area contributed by atoms with Gasteiger partial charge in [0.2, 0.25) is 0 Å². The van der Waals surface area contributed by atoms with Crippen LogP contribution in [0, 0.1) is 13.8 Å². The molecule has 1 aromatic carbocycles. The standard InChI is InChI=1S/C21H21N5O2/c1-11-17(12(2)28-26-11)14-9-15(21(3,27)20-22-7-4-8-23-20)18-16(10-14)24-19(25-18)13-5-6-13/h4,7-10,13,27H,5-6H2,1-3H3,(H,24,25). The minimum atomic E-state index is -1.40. The Hall–Kier alpha value is -3.06. The highest BCUT2D eigenvalue weighted by Gasteiger charge is 2.34. The normalized spacial score (nSPS) is 16.4. The summed E-state index contributed by atoms with van der Waals surface area (Å²) in [5.41, 5.74) is 3.54. The highest BCUT2D eigenvalue weighted by molar-refractivity contribution is 5.87. The Morgan fingerprint density at radius 1 is 1.18 bits per heavy atom. The Labute approximate surface area is 161 Å². The summed E-state index contributed by atoms with van der Waals surface area (Å²) in [7, 11) is 0. The molecule has 2 N–H and O–H groups in total. The maximum absolute atomic E-state index is 11.5.